The molecule has 1 aliphatic rings. The third kappa shape index (κ3) is 3.18. The second-order valence-corrected chi connectivity index (χ2v) is 6.72. The van der Waals surface area contributed by atoms with E-state index in [1.165, 1.54) is 45.5 Å². The third-order valence-electron chi connectivity index (χ3n) is 5.21. The molecule has 25 heavy (non-hydrogen) atoms. The summed E-state index contributed by atoms with van der Waals surface area (Å²) in [5, 5.41) is 5.51. The molecule has 1 atom stereocenters. The lowest BCUT2D eigenvalue weighted by Crippen LogP contribution is -2.22. The molecule has 0 fully saturated rings. The van der Waals surface area contributed by atoms with Gasteiger partial charge in [0.1, 0.15) is 0 Å². The molecule has 2 heteroatoms. The van der Waals surface area contributed by atoms with E-state index in [1.807, 2.05) is 12.1 Å². The van der Waals surface area contributed by atoms with E-state index in [0.717, 1.165) is 13.0 Å². The fourth-order valence-electron chi connectivity index (χ4n) is 3.85. The summed E-state index contributed by atoms with van der Waals surface area (Å²) in [7, 11) is 0. The van der Waals surface area contributed by atoms with Crippen LogP contribution >= 0.6 is 0 Å². The van der Waals surface area contributed by atoms with Crippen molar-refractivity contribution in [2.24, 2.45) is 11.7 Å². The zero-order valence-electron chi connectivity index (χ0n) is 14.3. The second-order valence-electron chi connectivity index (χ2n) is 6.72. The summed E-state index contributed by atoms with van der Waals surface area (Å²) < 4.78 is 4.58. The van der Waals surface area contributed by atoms with Crippen molar-refractivity contribution >= 4 is 21.5 Å². The molecule has 4 aromatic rings. The average molecular weight is 329 g/mol. The summed E-state index contributed by atoms with van der Waals surface area (Å²) in [6, 6.07) is 21.5. The van der Waals surface area contributed by atoms with E-state index >= 15 is 0 Å². The Balaban J connectivity index is 0.000000272. The summed E-state index contributed by atoms with van der Waals surface area (Å²) in [4.78, 5) is 0. The van der Waals surface area contributed by atoms with Crippen molar-refractivity contribution in [2.75, 3.05) is 6.54 Å². The zero-order valence-corrected chi connectivity index (χ0v) is 14.3. The highest BCUT2D eigenvalue weighted by Gasteiger charge is 2.19. The van der Waals surface area contributed by atoms with Crippen molar-refractivity contribution in [3.05, 3.63) is 84.3 Å². The lowest BCUT2D eigenvalue weighted by atomic mass is 9.81. The minimum Gasteiger partial charge on any atom is -0.473 e. The SMILES string of the molecule is NCC1CCc2ccc3c(ccc4ccccc43)c2C1.c1ccoc1. The van der Waals surface area contributed by atoms with Crippen molar-refractivity contribution < 1.29 is 4.42 Å². The monoisotopic (exact) mass is 329 g/mol. The number of nitrogens with two attached hydrogens (primary N) is 1. The topological polar surface area (TPSA) is 39.2 Å². The van der Waals surface area contributed by atoms with E-state index in [2.05, 4.69) is 52.9 Å². The zero-order chi connectivity index (χ0) is 17.1. The van der Waals surface area contributed by atoms with Crippen LogP contribution in [-0.4, -0.2) is 6.54 Å². The molecule has 0 bridgehead atoms. The Morgan fingerprint density at radius 2 is 1.64 bits per heavy atom. The van der Waals surface area contributed by atoms with E-state index in [0.29, 0.717) is 5.92 Å². The predicted octanol–water partition coefficient (Wildman–Crippen LogP) is 5.34. The fourth-order valence-corrected chi connectivity index (χ4v) is 3.85. The van der Waals surface area contributed by atoms with E-state index < -0.39 is 0 Å². The van der Waals surface area contributed by atoms with Crippen LogP contribution < -0.4 is 5.73 Å². The first-order valence-electron chi connectivity index (χ1n) is 8.96. The van der Waals surface area contributed by atoms with Crippen molar-refractivity contribution in [3.8, 4) is 0 Å². The maximum atomic E-state index is 5.89. The highest BCUT2D eigenvalue weighted by atomic mass is 16.3. The van der Waals surface area contributed by atoms with E-state index in [1.54, 1.807) is 12.5 Å². The van der Waals surface area contributed by atoms with Crippen molar-refractivity contribution in [1.82, 2.24) is 0 Å². The number of hydrogen-bond acceptors (Lipinski definition) is 2. The molecule has 1 aliphatic carbocycles. The molecule has 2 nitrogen and oxygen atoms in total. The van der Waals surface area contributed by atoms with Gasteiger partial charge in [0, 0.05) is 0 Å². The maximum Gasteiger partial charge on any atom is 0.0902 e. The van der Waals surface area contributed by atoms with Gasteiger partial charge in [0.25, 0.3) is 0 Å². The minimum atomic E-state index is 0.652. The smallest absolute Gasteiger partial charge is 0.0902 e. The third-order valence-corrected chi connectivity index (χ3v) is 5.21. The van der Waals surface area contributed by atoms with Crippen LogP contribution in [0.5, 0.6) is 0 Å². The molecule has 0 saturated heterocycles. The van der Waals surface area contributed by atoms with Gasteiger partial charge in [0.05, 0.1) is 12.5 Å². The van der Waals surface area contributed by atoms with Gasteiger partial charge in [-0.15, -0.1) is 0 Å². The van der Waals surface area contributed by atoms with Gasteiger partial charge in [-0.2, -0.15) is 0 Å². The molecule has 0 aliphatic heterocycles. The molecule has 1 unspecified atom stereocenters. The number of furan rings is 1. The van der Waals surface area contributed by atoms with Gasteiger partial charge in [0.15, 0.2) is 0 Å². The Kier molecular flexibility index (Phi) is 4.53. The lowest BCUT2D eigenvalue weighted by molar-refractivity contribution is 0.471. The Hall–Kier alpha value is -2.58. The van der Waals surface area contributed by atoms with Crippen LogP contribution in [-0.2, 0) is 12.8 Å². The number of aryl methyl sites for hydroxylation is 1. The summed E-state index contributed by atoms with van der Waals surface area (Å²) in [6.07, 6.45) is 6.81. The van der Waals surface area contributed by atoms with Crippen LogP contribution in [0.25, 0.3) is 21.5 Å². The van der Waals surface area contributed by atoms with Gasteiger partial charge in [-0.05, 0) is 76.5 Å². The summed E-state index contributed by atoms with van der Waals surface area (Å²) in [5.41, 5.74) is 8.96. The first kappa shape index (κ1) is 15.9. The highest BCUT2D eigenvalue weighted by molar-refractivity contribution is 6.08. The van der Waals surface area contributed by atoms with Crippen LogP contribution in [0.15, 0.2) is 77.6 Å². The Labute approximate surface area is 148 Å². The van der Waals surface area contributed by atoms with Crippen molar-refractivity contribution in [3.63, 3.8) is 0 Å². The van der Waals surface area contributed by atoms with Gasteiger partial charge in [-0.3, -0.25) is 0 Å². The number of benzene rings is 3. The summed E-state index contributed by atoms with van der Waals surface area (Å²) in [5.74, 6) is 0.652. The van der Waals surface area contributed by atoms with E-state index in [-0.39, 0.29) is 0 Å². The van der Waals surface area contributed by atoms with Crippen LogP contribution in [0.4, 0.5) is 0 Å². The molecular weight excluding hydrogens is 306 g/mol. The predicted molar refractivity (Wildman–Crippen MR) is 105 cm³/mol. The molecule has 0 saturated carbocycles. The minimum absolute atomic E-state index is 0.652. The largest absolute Gasteiger partial charge is 0.473 e. The van der Waals surface area contributed by atoms with Crippen LogP contribution in [0.2, 0.25) is 0 Å². The first-order chi connectivity index (χ1) is 12.4. The van der Waals surface area contributed by atoms with E-state index in [9.17, 15) is 0 Å². The fraction of sp³-hybridized carbons (Fsp3) is 0.217. The Morgan fingerprint density at radius 1 is 0.840 bits per heavy atom. The van der Waals surface area contributed by atoms with Crippen LogP contribution in [0, 0.1) is 5.92 Å². The molecule has 1 aromatic heterocycles. The standard InChI is InChI=1S/C19H19N.C4H4O/c20-12-13-5-6-15-8-9-17-16-4-2-1-3-14(16)7-10-18(17)19(15)11-13;1-2-4-5-3-1/h1-4,7-10,13H,5-6,11-12,20H2;1-4H. The summed E-state index contributed by atoms with van der Waals surface area (Å²) >= 11 is 0. The van der Waals surface area contributed by atoms with Crippen LogP contribution in [0.1, 0.15) is 17.5 Å². The van der Waals surface area contributed by atoms with Gasteiger partial charge < -0.3 is 10.2 Å². The quantitative estimate of drug-likeness (QED) is 0.479. The number of rotatable bonds is 1. The number of hydrogen-bond donors (Lipinski definition) is 1. The molecule has 1 heterocycles. The molecule has 3 aromatic carbocycles. The number of fused-ring (bicyclic) bond motifs is 5. The Bertz CT molecular complexity index is 955. The van der Waals surface area contributed by atoms with Crippen molar-refractivity contribution in [2.45, 2.75) is 19.3 Å². The molecule has 5 rings (SSSR count). The highest BCUT2D eigenvalue weighted by Crippen LogP contribution is 2.34. The van der Waals surface area contributed by atoms with Crippen LogP contribution in [0.3, 0.4) is 0 Å². The van der Waals surface area contributed by atoms with E-state index in [4.69, 9.17) is 5.73 Å². The van der Waals surface area contributed by atoms with Gasteiger partial charge in [-0.1, -0.05) is 48.5 Å². The maximum absolute atomic E-state index is 5.89. The molecule has 126 valence electrons. The molecule has 2 N–H and O–H groups in total. The van der Waals surface area contributed by atoms with Gasteiger partial charge in [-0.25, -0.2) is 0 Å². The molecular formula is C23H23NO. The Morgan fingerprint density at radius 3 is 2.40 bits per heavy atom. The average Bonchev–Trinajstić information content (AvgIpc) is 3.27. The molecule has 0 amide bonds. The molecule has 0 spiro atoms. The lowest BCUT2D eigenvalue weighted by Gasteiger charge is -2.25. The summed E-state index contributed by atoms with van der Waals surface area (Å²) in [6.45, 7) is 0.809. The second kappa shape index (κ2) is 7.12. The molecule has 0 radical (unpaired) electrons. The van der Waals surface area contributed by atoms with Gasteiger partial charge in [0.2, 0.25) is 0 Å². The first-order valence-corrected chi connectivity index (χ1v) is 8.96. The van der Waals surface area contributed by atoms with Gasteiger partial charge >= 0.3 is 0 Å². The van der Waals surface area contributed by atoms with Crippen molar-refractivity contribution in [1.29, 1.82) is 0 Å². The normalized spacial score (nSPS) is 16.3.